The Balaban J connectivity index is -0.0000000300. The van der Waals surface area contributed by atoms with E-state index in [2.05, 4.69) is 0 Å². The van der Waals surface area contributed by atoms with Crippen LogP contribution in [0.25, 0.3) is 0 Å². The van der Waals surface area contributed by atoms with E-state index in [4.69, 9.17) is 30.6 Å². The first-order valence-corrected chi connectivity index (χ1v) is 1.13. The summed E-state index contributed by atoms with van der Waals surface area (Å²) in [4.78, 5) is 16.7. The largest absolute Gasteiger partial charge is 2.00 e. The fraction of sp³-hybridized carbons (Fsp3) is 0. The molecule has 0 rings (SSSR count). The molecule has 0 aromatic rings. The second-order valence-electron chi connectivity index (χ2n) is 0.476. The van der Waals surface area contributed by atoms with Crippen molar-refractivity contribution in [2.75, 3.05) is 0 Å². The molecule has 0 fully saturated rings. The third-order valence-corrected chi connectivity index (χ3v) is 0. The van der Waals surface area contributed by atoms with Crippen molar-refractivity contribution < 1.29 is 20.6 Å². The van der Waals surface area contributed by atoms with Gasteiger partial charge < -0.3 is 10.4 Å². The van der Waals surface area contributed by atoms with Gasteiger partial charge in [-0.05, 0) is 0 Å². The minimum Gasteiger partial charge on any atom is -0.328 e. The van der Waals surface area contributed by atoms with Gasteiger partial charge >= 0.3 is 60.8 Å². The number of nitrogens with zero attached hydrogens (tertiary/aromatic N) is 2. The number of rotatable bonds is 0. The third-order valence-electron chi connectivity index (χ3n) is 0. The quantitative estimate of drug-likeness (QED) is 0.273. The van der Waals surface area contributed by atoms with E-state index in [1.807, 2.05) is 0 Å². The molecule has 0 radical (unpaired) electrons. The van der Waals surface area contributed by atoms with Crippen molar-refractivity contribution in [3.8, 4) is 0 Å². The van der Waals surface area contributed by atoms with Gasteiger partial charge in [0.15, 0.2) is 0 Å². The van der Waals surface area contributed by atoms with Crippen LogP contribution in [0.2, 0.25) is 0 Å². The molecule has 48 valence electrons. The van der Waals surface area contributed by atoms with E-state index in [1.54, 1.807) is 0 Å². The van der Waals surface area contributed by atoms with Crippen molar-refractivity contribution in [3.63, 3.8) is 0 Å². The van der Waals surface area contributed by atoms with Crippen molar-refractivity contribution in [1.82, 2.24) is 0 Å². The minimum absolute atomic E-state index is 0. The molecular weight excluding hydrogens is 188 g/mol. The van der Waals surface area contributed by atoms with Crippen LogP contribution in [-0.4, -0.2) is 81.4 Å². The summed E-state index contributed by atoms with van der Waals surface area (Å²) in [5, 5.41) is 27.3. The number of hydrogen-bond acceptors (Lipinski definition) is 4. The SMILES string of the molecule is O=[N+]([O-])O.O=[N+]([O-])O.[Ca+2].[Mg+2]. The fourth-order valence-corrected chi connectivity index (χ4v) is 0. The summed E-state index contributed by atoms with van der Waals surface area (Å²) < 4.78 is 0. The van der Waals surface area contributed by atoms with Crippen LogP contribution in [0.4, 0.5) is 0 Å². The Bertz CT molecular complexity index is 73.7. The molecular formula is H2CaMgN2O6+4. The molecule has 10 heavy (non-hydrogen) atoms. The summed E-state index contributed by atoms with van der Waals surface area (Å²) in [7, 11) is 0. The van der Waals surface area contributed by atoms with Crippen LogP contribution in [0.15, 0.2) is 0 Å². The Morgan fingerprint density at radius 2 is 1.00 bits per heavy atom. The molecule has 0 saturated carbocycles. The molecule has 2 N–H and O–H groups in total. The van der Waals surface area contributed by atoms with Gasteiger partial charge in [-0.15, -0.1) is 20.2 Å². The first-order valence-electron chi connectivity index (χ1n) is 1.13. The topological polar surface area (TPSA) is 127 Å². The average molecular weight is 190 g/mol. The molecule has 0 unspecified atom stereocenters. The molecule has 8 nitrogen and oxygen atoms in total. The predicted octanol–water partition coefficient (Wildman–Crippen LogP) is -1.46. The van der Waals surface area contributed by atoms with E-state index in [9.17, 15) is 0 Å². The van der Waals surface area contributed by atoms with E-state index in [-0.39, 0.29) is 60.8 Å². The summed E-state index contributed by atoms with van der Waals surface area (Å²) in [5.74, 6) is 0. The van der Waals surface area contributed by atoms with Crippen molar-refractivity contribution in [2.24, 2.45) is 0 Å². The predicted molar refractivity (Wildman–Crippen MR) is 29.1 cm³/mol. The van der Waals surface area contributed by atoms with Crippen LogP contribution in [-0.2, 0) is 0 Å². The van der Waals surface area contributed by atoms with Crippen LogP contribution >= 0.6 is 0 Å². The Kier molecular flexibility index (Phi) is 36.4. The van der Waals surface area contributed by atoms with Gasteiger partial charge in [0.1, 0.15) is 0 Å². The van der Waals surface area contributed by atoms with Gasteiger partial charge in [0, 0.05) is 0 Å². The van der Waals surface area contributed by atoms with Crippen LogP contribution in [0.5, 0.6) is 0 Å². The molecule has 10 heteroatoms. The van der Waals surface area contributed by atoms with Gasteiger partial charge in [-0.25, -0.2) is 0 Å². The summed E-state index contributed by atoms with van der Waals surface area (Å²) in [6.07, 6.45) is 0. The van der Waals surface area contributed by atoms with Gasteiger partial charge in [-0.2, -0.15) is 0 Å². The molecule has 0 bridgehead atoms. The third kappa shape index (κ3) is 2560. The van der Waals surface area contributed by atoms with Crippen LogP contribution in [0.3, 0.4) is 0 Å². The fourth-order valence-electron chi connectivity index (χ4n) is 0. The second-order valence-corrected chi connectivity index (χ2v) is 0.476. The summed E-state index contributed by atoms with van der Waals surface area (Å²) in [6.45, 7) is 0. The van der Waals surface area contributed by atoms with Gasteiger partial charge in [-0.3, -0.25) is 0 Å². The van der Waals surface area contributed by atoms with Crippen LogP contribution in [0, 0.1) is 20.2 Å². The molecule has 0 spiro atoms. The molecule has 0 aromatic heterocycles. The Hall–Kier alpha value is 0.426. The molecule has 0 amide bonds. The maximum absolute atomic E-state index is 8.36. The van der Waals surface area contributed by atoms with E-state index in [0.717, 1.165) is 0 Å². The first-order chi connectivity index (χ1) is 3.46. The normalized spacial score (nSPS) is 4.80. The average Bonchev–Trinajstić information content (AvgIpc) is 1.25. The van der Waals surface area contributed by atoms with E-state index in [1.165, 1.54) is 0 Å². The van der Waals surface area contributed by atoms with Crippen molar-refractivity contribution in [3.05, 3.63) is 20.2 Å². The van der Waals surface area contributed by atoms with E-state index < -0.39 is 10.2 Å². The van der Waals surface area contributed by atoms with Gasteiger partial charge in [0.05, 0.1) is 0 Å². The van der Waals surface area contributed by atoms with Gasteiger partial charge in [0.2, 0.25) is 0 Å². The standard InChI is InChI=1S/Ca.Mg.2HNO3/c;;2*2-1(3)4/h;;2*(H,2,3,4)/q2*+2;;. The maximum Gasteiger partial charge on any atom is 2.00 e. The smallest absolute Gasteiger partial charge is 0.328 e. The van der Waals surface area contributed by atoms with Gasteiger partial charge in [-0.1, -0.05) is 0 Å². The van der Waals surface area contributed by atoms with Crippen molar-refractivity contribution in [2.45, 2.75) is 0 Å². The summed E-state index contributed by atoms with van der Waals surface area (Å²) >= 11 is 0. The van der Waals surface area contributed by atoms with Gasteiger partial charge in [0.25, 0.3) is 10.2 Å². The zero-order valence-electron chi connectivity index (χ0n) is 4.84. The zero-order chi connectivity index (χ0) is 7.15. The van der Waals surface area contributed by atoms with Crippen molar-refractivity contribution in [1.29, 1.82) is 0 Å². The Labute approximate surface area is 101 Å². The molecule has 0 aliphatic carbocycles. The minimum atomic E-state index is -1.50. The van der Waals surface area contributed by atoms with Crippen molar-refractivity contribution >= 4 is 60.8 Å². The molecule has 0 atom stereocenters. The Morgan fingerprint density at radius 1 is 1.00 bits per heavy atom. The zero-order valence-corrected chi connectivity index (χ0v) is 8.46. The molecule has 0 saturated heterocycles. The molecule has 0 heterocycles. The summed E-state index contributed by atoms with van der Waals surface area (Å²) in [5.41, 5.74) is 0. The molecule has 0 aliphatic rings. The molecule has 0 aliphatic heterocycles. The van der Waals surface area contributed by atoms with Crippen LogP contribution < -0.4 is 0 Å². The molecule has 0 aromatic carbocycles. The van der Waals surface area contributed by atoms with Crippen LogP contribution in [0.1, 0.15) is 0 Å². The Morgan fingerprint density at radius 3 is 1.00 bits per heavy atom. The number of hydrogen-bond donors (Lipinski definition) is 2. The van der Waals surface area contributed by atoms with E-state index in [0.29, 0.717) is 0 Å². The monoisotopic (exact) mass is 190 g/mol. The van der Waals surface area contributed by atoms with E-state index >= 15 is 0 Å². The second kappa shape index (κ2) is 16.2. The first kappa shape index (κ1) is 22.4. The maximum atomic E-state index is 8.36. The summed E-state index contributed by atoms with van der Waals surface area (Å²) in [6, 6.07) is 0.